The van der Waals surface area contributed by atoms with Crippen LogP contribution < -0.4 is 10.6 Å². The number of rotatable bonds is 8. The quantitative estimate of drug-likeness (QED) is 0.170. The van der Waals surface area contributed by atoms with Gasteiger partial charge in [-0.2, -0.15) is 26.3 Å². The minimum Gasteiger partial charge on any atom is -0.475 e. The van der Waals surface area contributed by atoms with Crippen LogP contribution in [0.1, 0.15) is 44.5 Å². The lowest BCUT2D eigenvalue weighted by molar-refractivity contribution is -0.192. The zero-order valence-corrected chi connectivity index (χ0v) is 27.5. The number of amides is 2. The van der Waals surface area contributed by atoms with E-state index < -0.39 is 35.7 Å². The van der Waals surface area contributed by atoms with Crippen molar-refractivity contribution in [1.29, 1.82) is 0 Å². The average Bonchev–Trinajstić information content (AvgIpc) is 3.57. The number of piperazine rings is 1. The maximum absolute atomic E-state index is 14.0. The molecule has 4 aromatic rings. The summed E-state index contributed by atoms with van der Waals surface area (Å²) in [5, 5.41) is 14.8. The van der Waals surface area contributed by atoms with Crippen LogP contribution in [-0.2, 0) is 17.5 Å². The Labute approximate surface area is 286 Å². The van der Waals surface area contributed by atoms with Crippen molar-refractivity contribution in [3.05, 3.63) is 94.3 Å². The van der Waals surface area contributed by atoms with Gasteiger partial charge in [-0.25, -0.2) is 9.78 Å². The second-order valence-electron chi connectivity index (χ2n) is 11.1. The molecule has 10 nitrogen and oxygen atoms in total. The molecule has 0 unspecified atom stereocenters. The number of thiazole rings is 1. The van der Waals surface area contributed by atoms with E-state index in [1.165, 1.54) is 29.5 Å². The number of benzene rings is 2. The maximum atomic E-state index is 14.0. The first kappa shape index (κ1) is 37.9. The molecule has 2 aromatic heterocycles. The van der Waals surface area contributed by atoms with Gasteiger partial charge in [0.15, 0.2) is 0 Å². The minimum absolute atomic E-state index is 0.0363. The number of carboxylic acid groups (broad SMARTS) is 1. The summed E-state index contributed by atoms with van der Waals surface area (Å²) in [7, 11) is 0. The van der Waals surface area contributed by atoms with Crippen molar-refractivity contribution in [3.63, 3.8) is 0 Å². The van der Waals surface area contributed by atoms with Crippen LogP contribution >= 0.6 is 11.3 Å². The Morgan fingerprint density at radius 3 is 2.12 bits per heavy atom. The Bertz CT molecular complexity index is 1810. The summed E-state index contributed by atoms with van der Waals surface area (Å²) in [5.74, 6) is -3.80. The summed E-state index contributed by atoms with van der Waals surface area (Å²) >= 11 is 1.32. The Morgan fingerprint density at radius 2 is 1.52 bits per heavy atom. The fraction of sp³-hybridized carbons (Fsp3) is 0.303. The van der Waals surface area contributed by atoms with Gasteiger partial charge in [-0.15, -0.1) is 11.3 Å². The topological polar surface area (TPSA) is 128 Å². The van der Waals surface area contributed by atoms with Gasteiger partial charge in [-0.1, -0.05) is 19.1 Å². The van der Waals surface area contributed by atoms with Crippen LogP contribution in [0.4, 0.5) is 37.7 Å². The van der Waals surface area contributed by atoms with Crippen LogP contribution in [0.25, 0.3) is 10.6 Å². The summed E-state index contributed by atoms with van der Waals surface area (Å²) in [4.78, 5) is 47.6. The van der Waals surface area contributed by atoms with Crippen LogP contribution in [0, 0.1) is 6.92 Å². The number of carbonyl (C=O) groups excluding carboxylic acids is 2. The molecule has 1 fully saturated rings. The Hall–Kier alpha value is -4.87. The molecule has 0 bridgehead atoms. The predicted molar refractivity (Wildman–Crippen MR) is 175 cm³/mol. The number of nitrogens with zero attached hydrogens (tertiary/aromatic N) is 4. The van der Waals surface area contributed by atoms with Crippen molar-refractivity contribution >= 4 is 40.5 Å². The molecule has 2 aromatic carbocycles. The molecule has 1 saturated heterocycles. The number of likely N-dealkylation sites (N-methyl/N-ethyl adjacent to an activating group) is 1. The zero-order chi connectivity index (χ0) is 36.6. The number of anilines is 2. The van der Waals surface area contributed by atoms with Gasteiger partial charge in [0.05, 0.1) is 5.56 Å². The molecule has 0 aliphatic carbocycles. The first-order valence-electron chi connectivity index (χ1n) is 15.1. The fourth-order valence-electron chi connectivity index (χ4n) is 4.85. The van der Waals surface area contributed by atoms with E-state index in [9.17, 15) is 35.9 Å². The summed E-state index contributed by atoms with van der Waals surface area (Å²) < 4.78 is 73.8. The largest absolute Gasteiger partial charge is 0.490 e. The number of nitrogens with one attached hydrogen (secondary N) is 2. The molecule has 0 radical (unpaired) electrons. The van der Waals surface area contributed by atoms with Crippen molar-refractivity contribution in [2.24, 2.45) is 0 Å². The molecule has 266 valence electrons. The molecule has 50 heavy (non-hydrogen) atoms. The van der Waals surface area contributed by atoms with Gasteiger partial charge in [-0.05, 0) is 61.0 Å². The molecular weight excluding hydrogens is 690 g/mol. The molecule has 2 amide bonds. The van der Waals surface area contributed by atoms with Crippen LogP contribution in [-0.4, -0.2) is 81.6 Å². The van der Waals surface area contributed by atoms with Crippen molar-refractivity contribution in [1.82, 2.24) is 19.8 Å². The normalized spacial score (nSPS) is 14.0. The number of aromatic nitrogens is 2. The third kappa shape index (κ3) is 10.3. The van der Waals surface area contributed by atoms with Crippen molar-refractivity contribution in [3.8, 4) is 10.6 Å². The predicted octanol–water partition coefficient (Wildman–Crippen LogP) is 6.81. The van der Waals surface area contributed by atoms with Crippen molar-refractivity contribution < 1.29 is 45.8 Å². The number of pyridine rings is 1. The molecule has 1 aliphatic heterocycles. The number of carbonyl (C=O) groups is 3. The lowest BCUT2D eigenvalue weighted by Crippen LogP contribution is -2.45. The monoisotopic (exact) mass is 722 g/mol. The highest BCUT2D eigenvalue weighted by molar-refractivity contribution is 7.13. The highest BCUT2D eigenvalue weighted by Crippen LogP contribution is 2.35. The molecule has 17 heteroatoms. The fourth-order valence-corrected chi connectivity index (χ4v) is 5.66. The number of alkyl halides is 6. The highest BCUT2D eigenvalue weighted by atomic mass is 32.1. The number of carboxylic acids is 1. The lowest BCUT2D eigenvalue weighted by atomic mass is 10.0. The minimum atomic E-state index is -5.08. The summed E-state index contributed by atoms with van der Waals surface area (Å²) in [5.41, 5.74) is 1.78. The molecule has 0 atom stereocenters. The summed E-state index contributed by atoms with van der Waals surface area (Å²) in [6.45, 7) is 7.99. The molecule has 1 aliphatic rings. The van der Waals surface area contributed by atoms with E-state index in [4.69, 9.17) is 9.90 Å². The summed E-state index contributed by atoms with van der Waals surface area (Å²) in [6.07, 6.45) is -6.37. The average molecular weight is 723 g/mol. The molecular formula is C33H32F6N6O4S. The van der Waals surface area contributed by atoms with Gasteiger partial charge in [0.1, 0.15) is 10.7 Å². The molecule has 3 N–H and O–H groups in total. The molecule has 3 heterocycles. The molecule has 0 spiro atoms. The first-order valence-corrected chi connectivity index (χ1v) is 16.0. The van der Waals surface area contributed by atoms with E-state index in [-0.39, 0.29) is 29.1 Å². The second kappa shape index (κ2) is 16.2. The number of aryl methyl sites for hydroxylation is 1. The number of aliphatic carboxylic acids is 1. The Balaban J connectivity index is 0.000000727. The van der Waals surface area contributed by atoms with E-state index in [0.29, 0.717) is 29.3 Å². The van der Waals surface area contributed by atoms with E-state index in [0.717, 1.165) is 31.3 Å². The SMILES string of the molecule is CCN1CCN(Cc2ccc(NC(=O)c3ccc(C)c(NC(=O)c4csc(-c5ccncc5)n4)c3)cc2C(F)(F)F)CC1.O=C(O)C(F)(F)F. The van der Waals surface area contributed by atoms with Gasteiger partial charge in [-0.3, -0.25) is 19.5 Å². The Kier molecular flexibility index (Phi) is 12.3. The standard InChI is InChI=1S/C31H31F3N6O2S.C2HF3O2/c1-3-39-12-14-40(15-13-39)18-23-6-7-24(17-25(23)31(32,33)34)36-28(41)22-5-4-20(2)26(16-22)37-29(42)27-19-43-30(38-27)21-8-10-35-11-9-21;3-2(4,5)1(6)7/h4-11,16-17,19H,3,12-15,18H2,1-2H3,(H,36,41)(H,37,42);(H,6,7). The van der Waals surface area contributed by atoms with Gasteiger partial charge < -0.3 is 20.6 Å². The Morgan fingerprint density at radius 1 is 0.880 bits per heavy atom. The van der Waals surface area contributed by atoms with Crippen molar-refractivity contribution in [2.45, 2.75) is 32.7 Å². The zero-order valence-electron chi connectivity index (χ0n) is 26.7. The summed E-state index contributed by atoms with van der Waals surface area (Å²) in [6, 6.07) is 12.2. The van der Waals surface area contributed by atoms with Gasteiger partial charge in [0.25, 0.3) is 11.8 Å². The van der Waals surface area contributed by atoms with E-state index >= 15 is 0 Å². The van der Waals surface area contributed by atoms with Gasteiger partial charge in [0.2, 0.25) is 0 Å². The van der Waals surface area contributed by atoms with Gasteiger partial charge >= 0.3 is 18.3 Å². The van der Waals surface area contributed by atoms with Gasteiger partial charge in [0, 0.05) is 73.0 Å². The van der Waals surface area contributed by atoms with Crippen LogP contribution in [0.15, 0.2) is 66.3 Å². The van der Waals surface area contributed by atoms with Crippen LogP contribution in [0.2, 0.25) is 0 Å². The first-order chi connectivity index (χ1) is 23.5. The maximum Gasteiger partial charge on any atom is 0.490 e. The number of hydrogen-bond acceptors (Lipinski definition) is 8. The molecule has 5 rings (SSSR count). The third-order valence-electron chi connectivity index (χ3n) is 7.63. The van der Waals surface area contributed by atoms with Crippen LogP contribution in [0.3, 0.4) is 0 Å². The lowest BCUT2D eigenvalue weighted by Gasteiger charge is -2.34. The third-order valence-corrected chi connectivity index (χ3v) is 8.53. The van der Waals surface area contributed by atoms with Crippen molar-refractivity contribution in [2.75, 3.05) is 43.4 Å². The smallest absolute Gasteiger partial charge is 0.475 e. The van der Waals surface area contributed by atoms with Crippen LogP contribution in [0.5, 0.6) is 0 Å². The second-order valence-corrected chi connectivity index (χ2v) is 12.0. The van der Waals surface area contributed by atoms with E-state index in [1.54, 1.807) is 49.0 Å². The number of halogens is 6. The van der Waals surface area contributed by atoms with E-state index in [2.05, 4.69) is 32.4 Å². The van der Waals surface area contributed by atoms with E-state index in [1.807, 2.05) is 4.90 Å². The highest BCUT2D eigenvalue weighted by Gasteiger charge is 2.38. The molecule has 0 saturated carbocycles. The number of hydrogen-bond donors (Lipinski definition) is 3.